The Morgan fingerprint density at radius 3 is 2.12 bits per heavy atom. The summed E-state index contributed by atoms with van der Waals surface area (Å²) in [6, 6.07) is 0. The Hall–Kier alpha value is -0.930. The monoisotopic (exact) mass is 364 g/mol. The van der Waals surface area contributed by atoms with E-state index in [0.717, 1.165) is 31.3 Å². The van der Waals surface area contributed by atoms with Gasteiger partial charge in [0.15, 0.2) is 5.78 Å². The van der Waals surface area contributed by atoms with Crippen molar-refractivity contribution in [2.24, 2.45) is 23.7 Å². The largest absolute Gasteiger partial charge is 0.390 e. The second kappa shape index (κ2) is 9.32. The molecular formula is C23H40O3. The predicted octanol–water partition coefficient (Wildman–Crippen LogP) is 5.07. The molecule has 0 radical (unpaired) electrons. The molecule has 1 aliphatic rings. The van der Waals surface area contributed by atoms with E-state index in [1.54, 1.807) is 0 Å². The normalized spacial score (nSPS) is 26.1. The van der Waals surface area contributed by atoms with E-state index < -0.39 is 11.7 Å². The van der Waals surface area contributed by atoms with Crippen LogP contribution in [-0.4, -0.2) is 27.7 Å². The van der Waals surface area contributed by atoms with E-state index >= 15 is 0 Å². The van der Waals surface area contributed by atoms with E-state index in [-0.39, 0.29) is 17.6 Å². The second-order valence-electron chi connectivity index (χ2n) is 9.03. The number of carbonyl (C=O) groups excluding carboxylic acids is 1. The number of hydrogen-bond acceptors (Lipinski definition) is 3. The highest BCUT2D eigenvalue weighted by Crippen LogP contribution is 2.49. The van der Waals surface area contributed by atoms with Crippen molar-refractivity contribution in [2.75, 3.05) is 0 Å². The third-order valence-electron chi connectivity index (χ3n) is 6.11. The van der Waals surface area contributed by atoms with Crippen LogP contribution in [0.4, 0.5) is 0 Å². The Labute approximate surface area is 160 Å². The molecule has 2 N–H and O–H groups in total. The van der Waals surface area contributed by atoms with Crippen LogP contribution < -0.4 is 0 Å². The topological polar surface area (TPSA) is 57.5 Å². The molecule has 0 spiro atoms. The molecule has 0 amide bonds. The molecule has 1 rings (SSSR count). The Morgan fingerprint density at radius 2 is 1.65 bits per heavy atom. The molecule has 0 aliphatic heterocycles. The van der Waals surface area contributed by atoms with Gasteiger partial charge < -0.3 is 10.2 Å². The summed E-state index contributed by atoms with van der Waals surface area (Å²) in [7, 11) is 0. The van der Waals surface area contributed by atoms with Crippen molar-refractivity contribution >= 4 is 5.78 Å². The van der Waals surface area contributed by atoms with Crippen molar-refractivity contribution in [1.29, 1.82) is 0 Å². The molecule has 4 atom stereocenters. The zero-order chi connectivity index (χ0) is 20.2. The van der Waals surface area contributed by atoms with Gasteiger partial charge in [0.05, 0.1) is 6.10 Å². The summed E-state index contributed by atoms with van der Waals surface area (Å²) >= 11 is 0. The van der Waals surface area contributed by atoms with Crippen LogP contribution in [0.5, 0.6) is 0 Å². The molecular weight excluding hydrogens is 324 g/mol. The molecule has 1 aliphatic carbocycles. The van der Waals surface area contributed by atoms with E-state index in [1.165, 1.54) is 0 Å². The molecule has 0 saturated heterocycles. The SMILES string of the molecule is C=C1C(C(=O)C(C)CC)=C(C)[C@@](O)([C@@H](O)CCC(C)C)C1CCC(C)C. The van der Waals surface area contributed by atoms with Gasteiger partial charge in [0.25, 0.3) is 0 Å². The predicted molar refractivity (Wildman–Crippen MR) is 109 cm³/mol. The lowest BCUT2D eigenvalue weighted by molar-refractivity contribution is -0.118. The van der Waals surface area contributed by atoms with Crippen LogP contribution in [0.1, 0.15) is 80.6 Å². The van der Waals surface area contributed by atoms with E-state index in [0.29, 0.717) is 29.4 Å². The van der Waals surface area contributed by atoms with Gasteiger partial charge >= 0.3 is 0 Å². The number of hydrogen-bond donors (Lipinski definition) is 2. The van der Waals surface area contributed by atoms with E-state index in [4.69, 9.17) is 0 Å². The molecule has 0 saturated carbocycles. The summed E-state index contributed by atoms with van der Waals surface area (Å²) in [5.41, 5.74) is 0.552. The third kappa shape index (κ3) is 4.67. The first-order valence-corrected chi connectivity index (χ1v) is 10.3. The zero-order valence-electron chi connectivity index (χ0n) is 17.9. The van der Waals surface area contributed by atoms with Gasteiger partial charge in [-0.1, -0.05) is 54.5 Å². The minimum atomic E-state index is -1.38. The molecule has 0 heterocycles. The van der Waals surface area contributed by atoms with Gasteiger partial charge in [0.2, 0.25) is 0 Å². The lowest BCUT2D eigenvalue weighted by atomic mass is 9.75. The van der Waals surface area contributed by atoms with Gasteiger partial charge in [-0.2, -0.15) is 0 Å². The average Bonchev–Trinajstić information content (AvgIpc) is 2.76. The summed E-state index contributed by atoms with van der Waals surface area (Å²) in [5.74, 6) is 0.621. The maximum absolute atomic E-state index is 12.9. The number of aliphatic hydroxyl groups excluding tert-OH is 1. The minimum Gasteiger partial charge on any atom is -0.390 e. The first-order chi connectivity index (χ1) is 12.0. The number of carbonyl (C=O) groups is 1. The molecule has 3 heteroatoms. The molecule has 150 valence electrons. The number of rotatable bonds is 10. The highest BCUT2D eigenvalue weighted by molar-refractivity contribution is 6.03. The second-order valence-corrected chi connectivity index (χ2v) is 9.03. The van der Waals surface area contributed by atoms with Crippen LogP contribution in [-0.2, 0) is 4.79 Å². The summed E-state index contributed by atoms with van der Waals surface area (Å²) in [5, 5.41) is 22.6. The maximum atomic E-state index is 12.9. The Kier molecular flexibility index (Phi) is 8.29. The number of allylic oxidation sites excluding steroid dienone is 1. The standard InChI is InChI=1S/C23H40O3/c1-9-16(6)22(25)21-17(7)19(12-10-14(2)3)23(26,18(21)8)20(24)13-11-15(4)5/h14-16,19-20,24,26H,7,9-13H2,1-6,8H3/t16?,19?,20-,23-/m0/s1. The number of aliphatic hydroxyl groups is 2. The van der Waals surface area contributed by atoms with Gasteiger partial charge in [-0.25, -0.2) is 0 Å². The Bertz CT molecular complexity index is 544. The van der Waals surface area contributed by atoms with Crippen molar-refractivity contribution < 1.29 is 15.0 Å². The lowest BCUT2D eigenvalue weighted by Gasteiger charge is -2.37. The highest BCUT2D eigenvalue weighted by atomic mass is 16.3. The highest BCUT2D eigenvalue weighted by Gasteiger charge is 2.53. The summed E-state index contributed by atoms with van der Waals surface area (Å²) in [6.45, 7) is 18.5. The fourth-order valence-electron chi connectivity index (χ4n) is 4.00. The van der Waals surface area contributed by atoms with E-state index in [1.807, 2.05) is 20.8 Å². The van der Waals surface area contributed by atoms with Gasteiger partial charge in [-0.3, -0.25) is 4.79 Å². The van der Waals surface area contributed by atoms with Crippen LogP contribution in [0.3, 0.4) is 0 Å². The van der Waals surface area contributed by atoms with Crippen LogP contribution in [0.2, 0.25) is 0 Å². The summed E-state index contributed by atoms with van der Waals surface area (Å²) in [6.07, 6.45) is 2.92. The summed E-state index contributed by atoms with van der Waals surface area (Å²) in [4.78, 5) is 12.9. The quantitative estimate of drug-likeness (QED) is 0.569. The van der Waals surface area contributed by atoms with Gasteiger partial charge in [0.1, 0.15) is 5.60 Å². The molecule has 2 unspecified atom stereocenters. The molecule has 0 bridgehead atoms. The van der Waals surface area contributed by atoms with Crippen molar-refractivity contribution in [1.82, 2.24) is 0 Å². The number of Topliss-reactive ketones (excluding diaryl/α,β-unsaturated/α-hetero) is 1. The minimum absolute atomic E-state index is 0.0523. The third-order valence-corrected chi connectivity index (χ3v) is 6.11. The van der Waals surface area contributed by atoms with E-state index in [9.17, 15) is 15.0 Å². The van der Waals surface area contributed by atoms with Crippen LogP contribution >= 0.6 is 0 Å². The molecule has 3 nitrogen and oxygen atoms in total. The summed E-state index contributed by atoms with van der Waals surface area (Å²) < 4.78 is 0. The molecule has 0 aromatic rings. The van der Waals surface area contributed by atoms with Crippen molar-refractivity contribution in [3.8, 4) is 0 Å². The van der Waals surface area contributed by atoms with Gasteiger partial charge in [-0.05, 0) is 55.6 Å². The Morgan fingerprint density at radius 1 is 1.12 bits per heavy atom. The molecule has 26 heavy (non-hydrogen) atoms. The molecule has 0 aromatic heterocycles. The molecule has 0 fully saturated rings. The maximum Gasteiger partial charge on any atom is 0.165 e. The zero-order valence-corrected chi connectivity index (χ0v) is 17.9. The number of ketones is 1. The first kappa shape index (κ1) is 23.1. The fourth-order valence-corrected chi connectivity index (χ4v) is 4.00. The Balaban J connectivity index is 3.29. The molecule has 0 aromatic carbocycles. The average molecular weight is 365 g/mol. The van der Waals surface area contributed by atoms with Crippen molar-refractivity contribution in [3.05, 3.63) is 23.3 Å². The van der Waals surface area contributed by atoms with Crippen LogP contribution in [0.15, 0.2) is 23.3 Å². The lowest BCUT2D eigenvalue weighted by Crippen LogP contribution is -2.48. The van der Waals surface area contributed by atoms with Crippen LogP contribution in [0, 0.1) is 23.7 Å². The van der Waals surface area contributed by atoms with Gasteiger partial charge in [-0.15, -0.1) is 0 Å². The van der Waals surface area contributed by atoms with Crippen LogP contribution in [0.25, 0.3) is 0 Å². The fraction of sp³-hybridized carbons (Fsp3) is 0.783. The smallest absolute Gasteiger partial charge is 0.165 e. The van der Waals surface area contributed by atoms with Crippen molar-refractivity contribution in [3.63, 3.8) is 0 Å². The van der Waals surface area contributed by atoms with E-state index in [2.05, 4.69) is 34.3 Å². The van der Waals surface area contributed by atoms with Crippen molar-refractivity contribution in [2.45, 2.75) is 92.3 Å². The first-order valence-electron chi connectivity index (χ1n) is 10.3. The van der Waals surface area contributed by atoms with Gasteiger partial charge in [0, 0.05) is 17.4 Å².